The minimum absolute atomic E-state index is 0.0967. The Kier molecular flexibility index (Phi) is 13.3. The van der Waals surface area contributed by atoms with E-state index in [4.69, 9.17) is 0 Å². The van der Waals surface area contributed by atoms with Gasteiger partial charge in [-0.25, -0.2) is 0 Å². The van der Waals surface area contributed by atoms with Gasteiger partial charge in [0.25, 0.3) is 5.91 Å². The van der Waals surface area contributed by atoms with Gasteiger partial charge in [0.05, 0.1) is 6.54 Å². The van der Waals surface area contributed by atoms with Crippen LogP contribution in [0.25, 0.3) is 0 Å². The van der Waals surface area contributed by atoms with Crippen molar-refractivity contribution in [3.8, 4) is 0 Å². The molecule has 2 amide bonds. The molecule has 1 fully saturated rings. The number of hydrogen-bond acceptors (Lipinski definition) is 4. The van der Waals surface area contributed by atoms with E-state index < -0.39 is 0 Å². The second-order valence-electron chi connectivity index (χ2n) is 10.7. The fourth-order valence-electron chi connectivity index (χ4n) is 4.59. The zero-order valence-corrected chi connectivity index (χ0v) is 24.1. The Hall–Kier alpha value is -2.93. The van der Waals surface area contributed by atoms with Crippen molar-refractivity contribution < 1.29 is 9.59 Å². The molecule has 1 heterocycles. The van der Waals surface area contributed by atoms with Crippen LogP contribution in [0.4, 0.5) is 0 Å². The quantitative estimate of drug-likeness (QED) is 0.221. The van der Waals surface area contributed by atoms with Gasteiger partial charge in [-0.05, 0) is 63.7 Å². The van der Waals surface area contributed by atoms with Crippen molar-refractivity contribution in [2.75, 3.05) is 52.9 Å². The smallest absolute Gasteiger partial charge is 0.286 e. The molecule has 7 heteroatoms. The van der Waals surface area contributed by atoms with Crippen LogP contribution in [0.3, 0.4) is 0 Å². The zero-order valence-electron chi connectivity index (χ0n) is 24.1. The number of likely N-dealkylation sites (tertiary alicyclic amines) is 1. The summed E-state index contributed by atoms with van der Waals surface area (Å²) in [5.74, 6) is 0.144. The number of hydrogen-bond donors (Lipinski definition) is 1. The minimum Gasteiger partial charge on any atom is -0.349 e. The number of rotatable bonds is 13. The molecule has 1 unspecified atom stereocenters. The van der Waals surface area contributed by atoms with Gasteiger partial charge < -0.3 is 20.0 Å². The molecule has 1 N–H and O–H groups in total. The Bertz CT molecular complexity index is 925. The molecule has 0 aromatic carbocycles. The van der Waals surface area contributed by atoms with Gasteiger partial charge >= 0.3 is 0 Å². The predicted octanol–water partition coefficient (Wildman–Crippen LogP) is 4.37. The molecule has 1 saturated heterocycles. The van der Waals surface area contributed by atoms with E-state index in [1.165, 1.54) is 0 Å². The number of nitrogens with one attached hydrogen (secondary N) is 1. The maximum absolute atomic E-state index is 13.3. The lowest BCUT2D eigenvalue weighted by atomic mass is 9.77. The summed E-state index contributed by atoms with van der Waals surface area (Å²) >= 11 is 0. The van der Waals surface area contributed by atoms with Crippen molar-refractivity contribution >= 4 is 17.6 Å². The standard InChI is InChI=1S/C31H49N5O2/c1-7-20-32-29(36(26(4)8-2)25-27-14-12-10-11-13-15-27)30(38)33-21-16-28(37)35-23-18-31(5,19-24-35)17-22-34(6)9-3/h7-8,10,12-15,26H,1-2,9,11,16-25H2,3-6H3,(H,33,38). The molecule has 1 atom stereocenters. The topological polar surface area (TPSA) is 68.2 Å². The molecular weight excluding hydrogens is 474 g/mol. The van der Waals surface area contributed by atoms with Gasteiger partial charge in [0.1, 0.15) is 0 Å². The molecule has 0 bridgehead atoms. The molecule has 0 aromatic heterocycles. The first-order valence-electron chi connectivity index (χ1n) is 14.0. The van der Waals surface area contributed by atoms with Crippen molar-refractivity contribution in [1.29, 1.82) is 0 Å². The summed E-state index contributed by atoms with van der Waals surface area (Å²) in [5, 5.41) is 2.94. The van der Waals surface area contributed by atoms with Crippen molar-refractivity contribution in [3.05, 3.63) is 61.3 Å². The lowest BCUT2D eigenvalue weighted by Crippen LogP contribution is -2.48. The van der Waals surface area contributed by atoms with Crippen LogP contribution in [0.1, 0.15) is 52.9 Å². The van der Waals surface area contributed by atoms with Crippen LogP contribution in [0.15, 0.2) is 66.3 Å². The Labute approximate surface area is 230 Å². The van der Waals surface area contributed by atoms with Gasteiger partial charge in [-0.2, -0.15) is 0 Å². The molecule has 1 aliphatic carbocycles. The van der Waals surface area contributed by atoms with E-state index >= 15 is 0 Å². The number of allylic oxidation sites excluding steroid dienone is 4. The van der Waals surface area contributed by atoms with Crippen LogP contribution < -0.4 is 5.32 Å². The van der Waals surface area contributed by atoms with E-state index in [-0.39, 0.29) is 36.2 Å². The number of carbonyl (C=O) groups excluding carboxylic acids is 2. The fraction of sp³-hybridized carbons (Fsp3) is 0.581. The molecule has 1 aliphatic heterocycles. The van der Waals surface area contributed by atoms with Crippen LogP contribution >= 0.6 is 0 Å². The van der Waals surface area contributed by atoms with Gasteiger partial charge in [0.15, 0.2) is 5.84 Å². The third-order valence-corrected chi connectivity index (χ3v) is 7.67. The highest BCUT2D eigenvalue weighted by atomic mass is 16.2. The predicted molar refractivity (Wildman–Crippen MR) is 159 cm³/mol. The number of amides is 2. The third kappa shape index (κ3) is 10.1. The Morgan fingerprint density at radius 2 is 2.00 bits per heavy atom. The second kappa shape index (κ2) is 16.1. The SMILES string of the molecule is C=CCN=C(C(=O)NCCC(=O)N1CCC(C)(CCN(C)CC)CC1)N(CC1=CC=CCC=C1)C(C)C=C. The molecule has 0 aromatic rings. The van der Waals surface area contributed by atoms with Crippen molar-refractivity contribution in [3.63, 3.8) is 0 Å². The number of aliphatic imine (C=N–C) groups is 1. The van der Waals surface area contributed by atoms with Gasteiger partial charge in [0, 0.05) is 38.6 Å². The highest BCUT2D eigenvalue weighted by molar-refractivity contribution is 6.37. The van der Waals surface area contributed by atoms with Gasteiger partial charge in [0.2, 0.25) is 5.91 Å². The lowest BCUT2D eigenvalue weighted by molar-refractivity contribution is -0.133. The average molecular weight is 524 g/mol. The van der Waals surface area contributed by atoms with E-state index in [9.17, 15) is 9.59 Å². The second-order valence-corrected chi connectivity index (χ2v) is 10.7. The Balaban J connectivity index is 1.95. The number of nitrogens with zero attached hydrogens (tertiary/aromatic N) is 4. The average Bonchev–Trinajstić information content (AvgIpc) is 3.19. The Morgan fingerprint density at radius 1 is 1.26 bits per heavy atom. The van der Waals surface area contributed by atoms with Gasteiger partial charge in [-0.15, -0.1) is 13.2 Å². The summed E-state index contributed by atoms with van der Waals surface area (Å²) in [5.41, 5.74) is 1.37. The first kappa shape index (κ1) is 31.3. The fourth-order valence-corrected chi connectivity index (χ4v) is 4.59. The molecule has 0 saturated carbocycles. The lowest BCUT2D eigenvalue weighted by Gasteiger charge is -2.40. The monoisotopic (exact) mass is 523 g/mol. The first-order valence-corrected chi connectivity index (χ1v) is 14.0. The minimum atomic E-state index is -0.284. The van der Waals surface area contributed by atoms with Crippen LogP contribution in [-0.2, 0) is 9.59 Å². The molecule has 210 valence electrons. The Morgan fingerprint density at radius 3 is 2.66 bits per heavy atom. The highest BCUT2D eigenvalue weighted by Gasteiger charge is 2.31. The van der Waals surface area contributed by atoms with E-state index in [1.807, 2.05) is 22.8 Å². The maximum Gasteiger partial charge on any atom is 0.286 e. The van der Waals surface area contributed by atoms with Crippen LogP contribution in [0.5, 0.6) is 0 Å². The van der Waals surface area contributed by atoms with Crippen LogP contribution in [0.2, 0.25) is 0 Å². The first-order chi connectivity index (χ1) is 18.2. The molecule has 38 heavy (non-hydrogen) atoms. The van der Waals surface area contributed by atoms with Crippen molar-refractivity contribution in [2.24, 2.45) is 10.4 Å². The van der Waals surface area contributed by atoms with Crippen LogP contribution in [-0.4, -0.2) is 91.3 Å². The maximum atomic E-state index is 13.3. The molecule has 0 radical (unpaired) electrons. The molecule has 2 rings (SSSR count). The van der Waals surface area contributed by atoms with E-state index in [0.29, 0.717) is 18.9 Å². The van der Waals surface area contributed by atoms with Gasteiger partial charge in [-0.3, -0.25) is 14.6 Å². The van der Waals surface area contributed by atoms with E-state index in [2.05, 4.69) is 73.6 Å². The van der Waals surface area contributed by atoms with Crippen LogP contribution in [0, 0.1) is 5.41 Å². The molecule has 0 spiro atoms. The van der Waals surface area contributed by atoms with Crippen molar-refractivity contribution in [1.82, 2.24) is 20.0 Å². The highest BCUT2D eigenvalue weighted by Crippen LogP contribution is 2.34. The summed E-state index contributed by atoms with van der Waals surface area (Å²) in [6, 6.07) is -0.104. The normalized spacial score (nSPS) is 18.0. The molecule has 2 aliphatic rings. The summed E-state index contributed by atoms with van der Waals surface area (Å²) < 4.78 is 0. The number of amidine groups is 1. The van der Waals surface area contributed by atoms with E-state index in [1.54, 1.807) is 12.2 Å². The van der Waals surface area contributed by atoms with E-state index in [0.717, 1.165) is 57.4 Å². The van der Waals surface area contributed by atoms with Crippen molar-refractivity contribution in [2.45, 2.75) is 58.9 Å². The third-order valence-electron chi connectivity index (χ3n) is 7.67. The molecular formula is C31H49N5O2. The molecule has 7 nitrogen and oxygen atoms in total. The summed E-state index contributed by atoms with van der Waals surface area (Å²) in [6.45, 7) is 19.1. The zero-order chi connectivity index (χ0) is 28.0. The number of piperidine rings is 1. The van der Waals surface area contributed by atoms with Gasteiger partial charge in [-0.1, -0.05) is 56.4 Å². The largest absolute Gasteiger partial charge is 0.349 e. The summed E-state index contributed by atoms with van der Waals surface area (Å²) in [7, 11) is 2.16. The summed E-state index contributed by atoms with van der Waals surface area (Å²) in [6.07, 6.45) is 18.2. The number of carbonyl (C=O) groups is 2. The summed E-state index contributed by atoms with van der Waals surface area (Å²) in [4.78, 5) is 37.0.